The van der Waals surface area contributed by atoms with Crippen molar-refractivity contribution in [3.8, 4) is 0 Å². The first-order chi connectivity index (χ1) is 9.10. The Labute approximate surface area is 110 Å². The molecule has 0 aliphatic heterocycles. The summed E-state index contributed by atoms with van der Waals surface area (Å²) in [5, 5.41) is 14.0. The summed E-state index contributed by atoms with van der Waals surface area (Å²) in [6, 6.07) is 3.70. The number of aliphatic hydroxyl groups excluding tert-OH is 1. The Kier molecular flexibility index (Phi) is 4.27. The van der Waals surface area contributed by atoms with Crippen molar-refractivity contribution in [3.05, 3.63) is 53.4 Å². The fourth-order valence-corrected chi connectivity index (χ4v) is 1.99. The van der Waals surface area contributed by atoms with Gasteiger partial charge in [-0.1, -0.05) is 6.07 Å². The molecule has 0 saturated heterocycles. The predicted octanol–water partition coefficient (Wildman–Crippen LogP) is 2.33. The molecule has 0 spiro atoms. The summed E-state index contributed by atoms with van der Waals surface area (Å²) in [4.78, 5) is 0. The van der Waals surface area contributed by atoms with Crippen molar-refractivity contribution >= 4 is 0 Å². The van der Waals surface area contributed by atoms with Crippen molar-refractivity contribution in [2.24, 2.45) is 0 Å². The van der Waals surface area contributed by atoms with Gasteiger partial charge in [0.15, 0.2) is 0 Å². The molecule has 1 atom stereocenters. The first kappa shape index (κ1) is 13.7. The van der Waals surface area contributed by atoms with Gasteiger partial charge in [0, 0.05) is 31.1 Å². The third-order valence-electron chi connectivity index (χ3n) is 2.98. The minimum absolute atomic E-state index is 0.0458. The average Bonchev–Trinajstić information content (AvgIpc) is 2.81. The Bertz CT molecular complexity index is 534. The van der Waals surface area contributed by atoms with Crippen molar-refractivity contribution in [1.29, 1.82) is 0 Å². The molecule has 0 aliphatic carbocycles. The van der Waals surface area contributed by atoms with E-state index >= 15 is 0 Å². The molecule has 1 unspecified atom stereocenters. The molecule has 0 bridgehead atoms. The Morgan fingerprint density at radius 1 is 1.26 bits per heavy atom. The number of rotatable bonds is 5. The summed E-state index contributed by atoms with van der Waals surface area (Å²) in [5.74, 6) is -1.24. The normalized spacial score (nSPS) is 12.6. The van der Waals surface area contributed by atoms with E-state index < -0.39 is 17.7 Å². The summed E-state index contributed by atoms with van der Waals surface area (Å²) in [6.07, 6.45) is 2.93. The van der Waals surface area contributed by atoms with E-state index in [0.29, 0.717) is 6.42 Å². The highest BCUT2D eigenvalue weighted by atomic mass is 19.1. The van der Waals surface area contributed by atoms with E-state index in [2.05, 4.69) is 5.10 Å². The molecule has 0 radical (unpaired) electrons. The van der Waals surface area contributed by atoms with Gasteiger partial charge in [-0.3, -0.25) is 4.68 Å². The lowest BCUT2D eigenvalue weighted by Crippen LogP contribution is -2.15. The Balaban J connectivity index is 2.03. The first-order valence-electron chi connectivity index (χ1n) is 6.22. The second-order valence-electron chi connectivity index (χ2n) is 4.47. The Morgan fingerprint density at radius 2 is 1.95 bits per heavy atom. The molecule has 1 N–H and O–H groups in total. The van der Waals surface area contributed by atoms with Crippen LogP contribution in [0.15, 0.2) is 30.6 Å². The molecule has 102 valence electrons. The fourth-order valence-electron chi connectivity index (χ4n) is 1.99. The van der Waals surface area contributed by atoms with Crippen LogP contribution in [0.5, 0.6) is 0 Å². The van der Waals surface area contributed by atoms with Crippen molar-refractivity contribution in [2.75, 3.05) is 0 Å². The third kappa shape index (κ3) is 3.38. The van der Waals surface area contributed by atoms with Gasteiger partial charge >= 0.3 is 0 Å². The number of aromatic nitrogens is 2. The van der Waals surface area contributed by atoms with Gasteiger partial charge in [-0.25, -0.2) is 8.78 Å². The van der Waals surface area contributed by atoms with Crippen LogP contribution < -0.4 is 0 Å². The molecule has 1 aromatic carbocycles. The quantitative estimate of drug-likeness (QED) is 0.902. The predicted molar refractivity (Wildman–Crippen MR) is 67.7 cm³/mol. The van der Waals surface area contributed by atoms with Gasteiger partial charge in [-0.2, -0.15) is 5.10 Å². The standard InChI is InChI=1S/C14H16F2N2O/c1-2-18-9-10(8-17-18)6-11(19)7-12-13(15)4-3-5-14(12)16/h3-5,8-9,11,19H,2,6-7H2,1H3. The smallest absolute Gasteiger partial charge is 0.129 e. The maximum absolute atomic E-state index is 13.4. The largest absolute Gasteiger partial charge is 0.392 e. The summed E-state index contributed by atoms with van der Waals surface area (Å²) >= 11 is 0. The number of hydrogen-bond acceptors (Lipinski definition) is 2. The lowest BCUT2D eigenvalue weighted by Gasteiger charge is -2.10. The van der Waals surface area contributed by atoms with Crippen molar-refractivity contribution in [3.63, 3.8) is 0 Å². The van der Waals surface area contributed by atoms with Gasteiger partial charge in [0.25, 0.3) is 0 Å². The van der Waals surface area contributed by atoms with E-state index in [9.17, 15) is 13.9 Å². The number of aliphatic hydroxyl groups is 1. The molecule has 1 aromatic heterocycles. The molecule has 1 heterocycles. The second kappa shape index (κ2) is 5.93. The highest BCUT2D eigenvalue weighted by Gasteiger charge is 2.14. The topological polar surface area (TPSA) is 38.0 Å². The van der Waals surface area contributed by atoms with Gasteiger partial charge < -0.3 is 5.11 Å². The molecule has 0 aliphatic rings. The molecule has 0 fully saturated rings. The first-order valence-corrected chi connectivity index (χ1v) is 6.22. The van der Waals surface area contributed by atoms with Crippen LogP contribution in [0.2, 0.25) is 0 Å². The summed E-state index contributed by atoms with van der Waals surface area (Å²) in [5.41, 5.74) is 0.781. The van der Waals surface area contributed by atoms with E-state index in [1.54, 1.807) is 10.9 Å². The van der Waals surface area contributed by atoms with Crippen LogP contribution in [0.1, 0.15) is 18.1 Å². The van der Waals surface area contributed by atoms with Crippen molar-refractivity contribution in [1.82, 2.24) is 9.78 Å². The Hall–Kier alpha value is -1.75. The summed E-state index contributed by atoms with van der Waals surface area (Å²) in [6.45, 7) is 2.71. The molecule has 3 nitrogen and oxygen atoms in total. The van der Waals surface area contributed by atoms with Crippen LogP contribution in [-0.2, 0) is 19.4 Å². The van der Waals surface area contributed by atoms with E-state index in [-0.39, 0.29) is 12.0 Å². The minimum atomic E-state index is -0.832. The second-order valence-corrected chi connectivity index (χ2v) is 4.47. The van der Waals surface area contributed by atoms with E-state index in [1.807, 2.05) is 13.1 Å². The molecule has 2 aromatic rings. The molecule has 0 amide bonds. The number of aryl methyl sites for hydroxylation is 1. The van der Waals surface area contributed by atoms with E-state index in [4.69, 9.17) is 0 Å². The van der Waals surface area contributed by atoms with Crippen LogP contribution >= 0.6 is 0 Å². The minimum Gasteiger partial charge on any atom is -0.392 e. The van der Waals surface area contributed by atoms with Crippen LogP contribution in [0, 0.1) is 11.6 Å². The molecule has 0 saturated carbocycles. The molecular formula is C14H16F2N2O. The molecule has 5 heteroatoms. The maximum Gasteiger partial charge on any atom is 0.129 e. The van der Waals surface area contributed by atoms with Gasteiger partial charge in [-0.05, 0) is 24.6 Å². The zero-order valence-corrected chi connectivity index (χ0v) is 10.7. The zero-order valence-electron chi connectivity index (χ0n) is 10.7. The monoisotopic (exact) mass is 266 g/mol. The van der Waals surface area contributed by atoms with Crippen LogP contribution in [0.4, 0.5) is 8.78 Å². The average molecular weight is 266 g/mol. The lowest BCUT2D eigenvalue weighted by atomic mass is 10.0. The molecule has 19 heavy (non-hydrogen) atoms. The van der Waals surface area contributed by atoms with Gasteiger partial charge in [0.1, 0.15) is 11.6 Å². The maximum atomic E-state index is 13.4. The van der Waals surface area contributed by atoms with Crippen LogP contribution in [-0.4, -0.2) is 21.0 Å². The number of halogens is 2. The van der Waals surface area contributed by atoms with Gasteiger partial charge in [0.05, 0.1) is 12.3 Å². The van der Waals surface area contributed by atoms with Gasteiger partial charge in [0.2, 0.25) is 0 Å². The summed E-state index contributed by atoms with van der Waals surface area (Å²) in [7, 11) is 0. The SMILES string of the molecule is CCn1cc(CC(O)Cc2c(F)cccc2F)cn1. The summed E-state index contributed by atoms with van der Waals surface area (Å²) < 4.78 is 28.6. The van der Waals surface area contributed by atoms with Crippen LogP contribution in [0.25, 0.3) is 0 Å². The van der Waals surface area contributed by atoms with Crippen molar-refractivity contribution < 1.29 is 13.9 Å². The van der Waals surface area contributed by atoms with Gasteiger partial charge in [-0.15, -0.1) is 0 Å². The number of nitrogens with zero attached hydrogens (tertiary/aromatic N) is 2. The zero-order chi connectivity index (χ0) is 13.8. The van der Waals surface area contributed by atoms with Crippen LogP contribution in [0.3, 0.4) is 0 Å². The number of benzene rings is 1. The fraction of sp³-hybridized carbons (Fsp3) is 0.357. The van der Waals surface area contributed by atoms with E-state index in [0.717, 1.165) is 12.1 Å². The Morgan fingerprint density at radius 3 is 2.53 bits per heavy atom. The molecule has 2 rings (SSSR count). The third-order valence-corrected chi connectivity index (χ3v) is 2.98. The van der Waals surface area contributed by atoms with E-state index in [1.165, 1.54) is 18.2 Å². The van der Waals surface area contributed by atoms with Crippen molar-refractivity contribution in [2.45, 2.75) is 32.4 Å². The highest BCUT2D eigenvalue weighted by molar-refractivity contribution is 5.21. The number of hydrogen-bond donors (Lipinski definition) is 1. The lowest BCUT2D eigenvalue weighted by molar-refractivity contribution is 0.172. The highest BCUT2D eigenvalue weighted by Crippen LogP contribution is 2.16. The molecular weight excluding hydrogens is 250 g/mol.